The van der Waals surface area contributed by atoms with Gasteiger partial charge in [0.15, 0.2) is 0 Å². The van der Waals surface area contributed by atoms with Crippen LogP contribution >= 0.6 is 0 Å². The zero-order chi connectivity index (χ0) is 14.5. The summed E-state index contributed by atoms with van der Waals surface area (Å²) in [5.41, 5.74) is 6.89. The molecule has 4 nitrogen and oxygen atoms in total. The second kappa shape index (κ2) is 6.78. The smallest absolute Gasteiger partial charge is 0.127 e. The van der Waals surface area contributed by atoms with Crippen LogP contribution in [0.25, 0.3) is 0 Å². The van der Waals surface area contributed by atoms with Crippen molar-refractivity contribution in [2.24, 2.45) is 5.73 Å². The third kappa shape index (κ3) is 4.11. The van der Waals surface area contributed by atoms with Gasteiger partial charge in [-0.3, -0.25) is 4.90 Å². The van der Waals surface area contributed by atoms with Gasteiger partial charge in [0.05, 0.1) is 14.2 Å². The van der Waals surface area contributed by atoms with Crippen LogP contribution in [0.1, 0.15) is 25.8 Å². The Kier molecular flexibility index (Phi) is 5.63. The highest BCUT2D eigenvalue weighted by molar-refractivity contribution is 5.40. The molecule has 2 N–H and O–H groups in total. The second-order valence-corrected chi connectivity index (χ2v) is 5.38. The molecule has 0 bridgehead atoms. The van der Waals surface area contributed by atoms with Gasteiger partial charge in [0.1, 0.15) is 11.5 Å². The number of benzene rings is 1. The van der Waals surface area contributed by atoms with E-state index in [1.807, 2.05) is 18.2 Å². The molecule has 0 atom stereocenters. The van der Waals surface area contributed by atoms with E-state index in [0.29, 0.717) is 6.54 Å². The van der Waals surface area contributed by atoms with Gasteiger partial charge in [0.25, 0.3) is 0 Å². The fraction of sp³-hybridized carbons (Fsp3) is 0.600. The number of nitrogens with two attached hydrogens (primary N) is 1. The molecule has 0 aliphatic carbocycles. The molecule has 0 heterocycles. The number of rotatable bonds is 7. The van der Waals surface area contributed by atoms with Gasteiger partial charge in [0, 0.05) is 23.7 Å². The molecule has 4 heteroatoms. The van der Waals surface area contributed by atoms with Crippen molar-refractivity contribution in [1.29, 1.82) is 0 Å². The Bertz CT molecular complexity index is 405. The van der Waals surface area contributed by atoms with Gasteiger partial charge in [-0.2, -0.15) is 0 Å². The lowest BCUT2D eigenvalue weighted by Crippen LogP contribution is -2.42. The van der Waals surface area contributed by atoms with E-state index in [4.69, 9.17) is 15.2 Å². The van der Waals surface area contributed by atoms with Crippen molar-refractivity contribution in [1.82, 2.24) is 4.90 Å². The molecule has 108 valence electrons. The summed E-state index contributed by atoms with van der Waals surface area (Å²) >= 11 is 0. The number of hydrogen-bond acceptors (Lipinski definition) is 4. The molecule has 0 radical (unpaired) electrons. The first kappa shape index (κ1) is 15.8. The zero-order valence-corrected chi connectivity index (χ0v) is 12.7. The quantitative estimate of drug-likeness (QED) is 0.822. The van der Waals surface area contributed by atoms with Gasteiger partial charge in [-0.05, 0) is 39.9 Å². The van der Waals surface area contributed by atoms with E-state index in [2.05, 4.69) is 25.8 Å². The van der Waals surface area contributed by atoms with Crippen LogP contribution in [0.4, 0.5) is 0 Å². The largest absolute Gasteiger partial charge is 0.497 e. The van der Waals surface area contributed by atoms with Crippen molar-refractivity contribution in [2.75, 3.05) is 27.8 Å². The standard InChI is InChI=1S/C15H26N2O2/c1-15(2,8-9-16)17(3)11-12-6-7-13(18-4)10-14(12)19-5/h6-7,10H,8-9,11,16H2,1-5H3. The zero-order valence-electron chi connectivity index (χ0n) is 12.7. The molecular weight excluding hydrogens is 240 g/mol. The number of hydrogen-bond donors (Lipinski definition) is 1. The fourth-order valence-corrected chi connectivity index (χ4v) is 2.00. The van der Waals surface area contributed by atoms with E-state index < -0.39 is 0 Å². The summed E-state index contributed by atoms with van der Waals surface area (Å²) in [6, 6.07) is 5.92. The van der Waals surface area contributed by atoms with Crippen molar-refractivity contribution in [3.63, 3.8) is 0 Å². The van der Waals surface area contributed by atoms with Crippen molar-refractivity contribution in [2.45, 2.75) is 32.4 Å². The molecule has 0 spiro atoms. The minimum Gasteiger partial charge on any atom is -0.497 e. The third-order valence-corrected chi connectivity index (χ3v) is 3.69. The normalized spacial score (nSPS) is 11.7. The van der Waals surface area contributed by atoms with E-state index in [-0.39, 0.29) is 5.54 Å². The average Bonchev–Trinajstić information content (AvgIpc) is 2.39. The Morgan fingerprint density at radius 3 is 2.42 bits per heavy atom. The van der Waals surface area contributed by atoms with Gasteiger partial charge >= 0.3 is 0 Å². The highest BCUT2D eigenvalue weighted by Gasteiger charge is 2.23. The Morgan fingerprint density at radius 2 is 1.89 bits per heavy atom. The molecule has 0 amide bonds. The van der Waals surface area contributed by atoms with E-state index >= 15 is 0 Å². The van der Waals surface area contributed by atoms with E-state index in [9.17, 15) is 0 Å². The summed E-state index contributed by atoms with van der Waals surface area (Å²) in [7, 11) is 5.45. The minimum atomic E-state index is 0.0691. The topological polar surface area (TPSA) is 47.7 Å². The average molecular weight is 266 g/mol. The van der Waals surface area contributed by atoms with Crippen molar-refractivity contribution in [3.8, 4) is 11.5 Å². The summed E-state index contributed by atoms with van der Waals surface area (Å²) in [5.74, 6) is 1.67. The van der Waals surface area contributed by atoms with Crippen LogP contribution in [-0.2, 0) is 6.54 Å². The van der Waals surface area contributed by atoms with E-state index in [1.54, 1.807) is 14.2 Å². The molecule has 1 aromatic carbocycles. The highest BCUT2D eigenvalue weighted by Crippen LogP contribution is 2.27. The molecule has 0 saturated carbocycles. The minimum absolute atomic E-state index is 0.0691. The van der Waals surface area contributed by atoms with E-state index in [0.717, 1.165) is 30.0 Å². The fourth-order valence-electron chi connectivity index (χ4n) is 2.00. The van der Waals surface area contributed by atoms with Crippen LogP contribution in [0, 0.1) is 0 Å². The first-order valence-corrected chi connectivity index (χ1v) is 6.57. The van der Waals surface area contributed by atoms with Crippen LogP contribution < -0.4 is 15.2 Å². The number of nitrogens with zero attached hydrogens (tertiary/aromatic N) is 1. The van der Waals surface area contributed by atoms with Crippen LogP contribution in [-0.4, -0.2) is 38.3 Å². The third-order valence-electron chi connectivity index (χ3n) is 3.69. The molecule has 0 aliphatic rings. The van der Waals surface area contributed by atoms with Crippen LogP contribution in [0.15, 0.2) is 18.2 Å². The maximum Gasteiger partial charge on any atom is 0.127 e. The monoisotopic (exact) mass is 266 g/mol. The summed E-state index contributed by atoms with van der Waals surface area (Å²) in [6.45, 7) is 5.92. The molecule has 0 aromatic heterocycles. The molecule has 0 unspecified atom stereocenters. The summed E-state index contributed by atoms with van der Waals surface area (Å²) in [6.07, 6.45) is 0.960. The van der Waals surface area contributed by atoms with Crippen LogP contribution in [0.2, 0.25) is 0 Å². The predicted octanol–water partition coefficient (Wildman–Crippen LogP) is 2.26. The van der Waals surface area contributed by atoms with Crippen molar-refractivity contribution in [3.05, 3.63) is 23.8 Å². The van der Waals surface area contributed by atoms with Gasteiger partial charge in [0.2, 0.25) is 0 Å². The summed E-state index contributed by atoms with van der Waals surface area (Å²) < 4.78 is 10.6. The molecule has 0 aliphatic heterocycles. The van der Waals surface area contributed by atoms with Gasteiger partial charge in [-0.1, -0.05) is 6.07 Å². The Balaban J connectivity index is 2.87. The van der Waals surface area contributed by atoms with Crippen molar-refractivity contribution < 1.29 is 9.47 Å². The number of methoxy groups -OCH3 is 2. The van der Waals surface area contributed by atoms with Crippen LogP contribution in [0.5, 0.6) is 11.5 Å². The van der Waals surface area contributed by atoms with Gasteiger partial charge in [-0.25, -0.2) is 0 Å². The number of ether oxygens (including phenoxy) is 2. The molecular formula is C15H26N2O2. The highest BCUT2D eigenvalue weighted by atomic mass is 16.5. The lowest BCUT2D eigenvalue weighted by molar-refractivity contribution is 0.138. The second-order valence-electron chi connectivity index (χ2n) is 5.38. The Morgan fingerprint density at radius 1 is 1.21 bits per heavy atom. The van der Waals surface area contributed by atoms with Crippen molar-refractivity contribution >= 4 is 0 Å². The SMILES string of the molecule is COc1ccc(CN(C)C(C)(C)CCN)c(OC)c1. The summed E-state index contributed by atoms with van der Waals surface area (Å²) in [4.78, 5) is 2.30. The molecule has 0 saturated heterocycles. The first-order valence-electron chi connectivity index (χ1n) is 6.57. The summed E-state index contributed by atoms with van der Waals surface area (Å²) in [5, 5.41) is 0. The maximum atomic E-state index is 5.67. The molecule has 1 rings (SSSR count). The first-order chi connectivity index (χ1) is 8.94. The molecule has 1 aromatic rings. The van der Waals surface area contributed by atoms with Crippen LogP contribution in [0.3, 0.4) is 0 Å². The molecule has 0 fully saturated rings. The predicted molar refractivity (Wildman–Crippen MR) is 78.8 cm³/mol. The van der Waals surface area contributed by atoms with Gasteiger partial charge < -0.3 is 15.2 Å². The Hall–Kier alpha value is -1.26. The van der Waals surface area contributed by atoms with Gasteiger partial charge in [-0.15, -0.1) is 0 Å². The molecule has 19 heavy (non-hydrogen) atoms. The lowest BCUT2D eigenvalue weighted by atomic mass is 9.98. The Labute approximate surface area is 116 Å². The van der Waals surface area contributed by atoms with E-state index in [1.165, 1.54) is 0 Å². The maximum absolute atomic E-state index is 5.67. The lowest BCUT2D eigenvalue weighted by Gasteiger charge is -2.35.